The summed E-state index contributed by atoms with van der Waals surface area (Å²) in [5, 5.41) is 10.8. The number of hydrogen-bond donors (Lipinski definition) is 1. The number of rotatable bonds is 4. The summed E-state index contributed by atoms with van der Waals surface area (Å²) in [6, 6.07) is 5.29. The Morgan fingerprint density at radius 3 is 2.78 bits per heavy atom. The average Bonchev–Trinajstić information content (AvgIpc) is 2.85. The number of aromatic nitrogens is 3. The monoisotopic (exact) mass is 264 g/mol. The van der Waals surface area contributed by atoms with Gasteiger partial charge in [-0.25, -0.2) is 0 Å². The minimum atomic E-state index is -0.00507. The van der Waals surface area contributed by atoms with Crippen molar-refractivity contribution < 1.29 is 4.79 Å². The molecule has 1 amide bonds. The van der Waals surface area contributed by atoms with Crippen LogP contribution in [-0.4, -0.2) is 20.7 Å². The largest absolute Gasteiger partial charge is 0.326 e. The molecule has 1 N–H and O–H groups in total. The van der Waals surface area contributed by atoms with E-state index in [2.05, 4.69) is 15.5 Å². The molecule has 0 atom stereocenters. The molecule has 1 heterocycles. The van der Waals surface area contributed by atoms with E-state index in [1.54, 1.807) is 35.4 Å². The van der Waals surface area contributed by atoms with Gasteiger partial charge in [0.15, 0.2) is 0 Å². The second kappa shape index (κ2) is 5.64. The summed E-state index contributed by atoms with van der Waals surface area (Å²) in [4.78, 5) is 11.5. The Morgan fingerprint density at radius 2 is 2.11 bits per heavy atom. The van der Waals surface area contributed by atoms with E-state index in [0.29, 0.717) is 17.1 Å². The van der Waals surface area contributed by atoms with Crippen LogP contribution in [0.25, 0.3) is 5.69 Å². The zero-order valence-corrected chi connectivity index (χ0v) is 10.7. The zero-order chi connectivity index (χ0) is 13.0. The van der Waals surface area contributed by atoms with Gasteiger partial charge in [0.25, 0.3) is 0 Å². The zero-order valence-electron chi connectivity index (χ0n) is 9.93. The number of benzene rings is 1. The lowest BCUT2D eigenvalue weighted by molar-refractivity contribution is -0.116. The molecule has 1 aromatic heterocycles. The standard InChI is InChI=1S/C12H13ClN4O/c1-2-3-12(18)16-9-4-5-10(13)11(6-9)17-7-14-15-8-17/h4-8H,2-3H2,1H3,(H,16,18). The molecule has 0 aliphatic heterocycles. The van der Waals surface area contributed by atoms with Gasteiger partial charge in [-0.15, -0.1) is 10.2 Å². The summed E-state index contributed by atoms with van der Waals surface area (Å²) in [6.07, 6.45) is 4.43. The van der Waals surface area contributed by atoms with Crippen molar-refractivity contribution in [3.05, 3.63) is 35.9 Å². The Hall–Kier alpha value is -1.88. The Labute approximate surface area is 110 Å². The molecule has 0 aliphatic carbocycles. The van der Waals surface area contributed by atoms with Gasteiger partial charge in [-0.2, -0.15) is 0 Å². The van der Waals surface area contributed by atoms with Crippen molar-refractivity contribution in [2.24, 2.45) is 0 Å². The lowest BCUT2D eigenvalue weighted by atomic mass is 10.2. The third kappa shape index (κ3) is 2.87. The van der Waals surface area contributed by atoms with Gasteiger partial charge in [0.1, 0.15) is 12.7 Å². The fraction of sp³-hybridized carbons (Fsp3) is 0.250. The first-order chi connectivity index (χ1) is 8.70. The van der Waals surface area contributed by atoms with Crippen molar-refractivity contribution >= 4 is 23.2 Å². The van der Waals surface area contributed by atoms with Crippen LogP contribution in [-0.2, 0) is 4.79 Å². The lowest BCUT2D eigenvalue weighted by Gasteiger charge is -2.09. The van der Waals surface area contributed by atoms with Crippen molar-refractivity contribution in [3.8, 4) is 5.69 Å². The van der Waals surface area contributed by atoms with Gasteiger partial charge >= 0.3 is 0 Å². The van der Waals surface area contributed by atoms with Crippen LogP contribution >= 0.6 is 11.6 Å². The highest BCUT2D eigenvalue weighted by atomic mass is 35.5. The van der Waals surface area contributed by atoms with E-state index in [1.807, 2.05) is 6.92 Å². The SMILES string of the molecule is CCCC(=O)Nc1ccc(Cl)c(-n2cnnc2)c1. The van der Waals surface area contributed by atoms with Crippen LogP contribution in [0, 0.1) is 0 Å². The fourth-order valence-corrected chi connectivity index (χ4v) is 1.78. The number of carbonyl (C=O) groups excluding carboxylic acids is 1. The molecular weight excluding hydrogens is 252 g/mol. The molecule has 2 rings (SSSR count). The van der Waals surface area contributed by atoms with E-state index in [9.17, 15) is 4.79 Å². The molecule has 1 aromatic carbocycles. The smallest absolute Gasteiger partial charge is 0.224 e. The molecule has 0 spiro atoms. The quantitative estimate of drug-likeness (QED) is 0.924. The number of carbonyl (C=O) groups is 1. The van der Waals surface area contributed by atoms with Crippen LogP contribution in [0.2, 0.25) is 5.02 Å². The number of nitrogens with zero attached hydrogens (tertiary/aromatic N) is 3. The molecule has 0 bridgehead atoms. The molecule has 0 fully saturated rings. The number of anilines is 1. The molecule has 0 saturated carbocycles. The highest BCUT2D eigenvalue weighted by Gasteiger charge is 2.06. The first-order valence-electron chi connectivity index (χ1n) is 5.65. The topological polar surface area (TPSA) is 59.8 Å². The van der Waals surface area contributed by atoms with E-state index < -0.39 is 0 Å². The van der Waals surface area contributed by atoms with Crippen molar-refractivity contribution in [1.29, 1.82) is 0 Å². The third-order valence-electron chi connectivity index (χ3n) is 2.40. The van der Waals surface area contributed by atoms with E-state index in [4.69, 9.17) is 11.6 Å². The Balaban J connectivity index is 2.24. The minimum absolute atomic E-state index is 0.00507. The minimum Gasteiger partial charge on any atom is -0.326 e. The van der Waals surface area contributed by atoms with Gasteiger partial charge < -0.3 is 5.32 Å². The second-order valence-electron chi connectivity index (χ2n) is 3.83. The highest BCUT2D eigenvalue weighted by Crippen LogP contribution is 2.24. The van der Waals surface area contributed by atoms with Gasteiger partial charge in [0, 0.05) is 12.1 Å². The summed E-state index contributed by atoms with van der Waals surface area (Å²) in [5.41, 5.74) is 1.44. The molecule has 18 heavy (non-hydrogen) atoms. The third-order valence-corrected chi connectivity index (χ3v) is 2.72. The van der Waals surface area contributed by atoms with Crippen molar-refractivity contribution in [2.75, 3.05) is 5.32 Å². The molecular formula is C12H13ClN4O. The first kappa shape index (κ1) is 12.6. The van der Waals surface area contributed by atoms with Gasteiger partial charge in [0.05, 0.1) is 10.7 Å². The second-order valence-corrected chi connectivity index (χ2v) is 4.24. The average molecular weight is 265 g/mol. The maximum atomic E-state index is 11.5. The molecule has 5 nitrogen and oxygen atoms in total. The summed E-state index contributed by atoms with van der Waals surface area (Å²) in [5.74, 6) is -0.00507. The molecule has 0 unspecified atom stereocenters. The van der Waals surface area contributed by atoms with Gasteiger partial charge in [-0.3, -0.25) is 9.36 Å². The van der Waals surface area contributed by atoms with E-state index in [-0.39, 0.29) is 5.91 Å². The van der Waals surface area contributed by atoms with Crippen LogP contribution < -0.4 is 5.32 Å². The van der Waals surface area contributed by atoms with Crippen LogP contribution in [0.4, 0.5) is 5.69 Å². The summed E-state index contributed by atoms with van der Waals surface area (Å²) in [6.45, 7) is 1.96. The van der Waals surface area contributed by atoms with Crippen molar-refractivity contribution in [2.45, 2.75) is 19.8 Å². The molecule has 0 radical (unpaired) electrons. The summed E-state index contributed by atoms with van der Waals surface area (Å²) < 4.78 is 1.69. The molecule has 0 saturated heterocycles. The maximum absolute atomic E-state index is 11.5. The van der Waals surface area contributed by atoms with E-state index in [0.717, 1.165) is 12.1 Å². The Bertz CT molecular complexity index is 539. The van der Waals surface area contributed by atoms with Crippen LogP contribution in [0.1, 0.15) is 19.8 Å². The van der Waals surface area contributed by atoms with Crippen LogP contribution in [0.3, 0.4) is 0 Å². The predicted octanol–water partition coefficient (Wildman–Crippen LogP) is 2.66. The Morgan fingerprint density at radius 1 is 1.39 bits per heavy atom. The summed E-state index contributed by atoms with van der Waals surface area (Å²) >= 11 is 6.10. The van der Waals surface area contributed by atoms with Crippen LogP contribution in [0.5, 0.6) is 0 Å². The van der Waals surface area contributed by atoms with Crippen LogP contribution in [0.15, 0.2) is 30.9 Å². The van der Waals surface area contributed by atoms with Gasteiger partial charge in [-0.05, 0) is 24.6 Å². The first-order valence-corrected chi connectivity index (χ1v) is 6.03. The van der Waals surface area contributed by atoms with Crippen molar-refractivity contribution in [3.63, 3.8) is 0 Å². The molecule has 6 heteroatoms. The highest BCUT2D eigenvalue weighted by molar-refractivity contribution is 6.32. The number of nitrogens with one attached hydrogen (secondary N) is 1. The van der Waals surface area contributed by atoms with Crippen molar-refractivity contribution in [1.82, 2.24) is 14.8 Å². The fourth-order valence-electron chi connectivity index (χ4n) is 1.56. The normalized spacial score (nSPS) is 10.3. The number of halogens is 1. The number of hydrogen-bond acceptors (Lipinski definition) is 3. The molecule has 2 aromatic rings. The van der Waals surface area contributed by atoms with Gasteiger partial charge in [0.2, 0.25) is 5.91 Å². The Kier molecular flexibility index (Phi) is 3.94. The maximum Gasteiger partial charge on any atom is 0.224 e. The number of amides is 1. The van der Waals surface area contributed by atoms with E-state index >= 15 is 0 Å². The molecule has 0 aliphatic rings. The predicted molar refractivity (Wildman–Crippen MR) is 69.9 cm³/mol. The lowest BCUT2D eigenvalue weighted by Crippen LogP contribution is -2.10. The van der Waals surface area contributed by atoms with Gasteiger partial charge in [-0.1, -0.05) is 18.5 Å². The molecule has 94 valence electrons. The summed E-state index contributed by atoms with van der Waals surface area (Å²) in [7, 11) is 0. The van der Waals surface area contributed by atoms with E-state index in [1.165, 1.54) is 0 Å².